The average Bonchev–Trinajstić information content (AvgIpc) is 2.67. The Kier molecular flexibility index (Phi) is 5.14. The number of nitrogens with zero attached hydrogens (tertiary/aromatic N) is 2. The Morgan fingerprint density at radius 2 is 2.11 bits per heavy atom. The van der Waals surface area contributed by atoms with Crippen LogP contribution in [-0.2, 0) is 6.54 Å². The van der Waals surface area contributed by atoms with Crippen LogP contribution in [0.2, 0.25) is 0 Å². The molecular formula is C15H20ClN3. The number of rotatable bonds is 2. The van der Waals surface area contributed by atoms with Gasteiger partial charge in [0, 0.05) is 31.2 Å². The van der Waals surface area contributed by atoms with Crippen LogP contribution in [0, 0.1) is 0 Å². The molecule has 0 unspecified atom stereocenters. The van der Waals surface area contributed by atoms with Crippen molar-refractivity contribution in [1.82, 2.24) is 15.2 Å². The number of hydrogen-bond acceptors (Lipinski definition) is 3. The van der Waals surface area contributed by atoms with E-state index in [2.05, 4.69) is 39.5 Å². The fourth-order valence-electron chi connectivity index (χ4n) is 2.54. The Morgan fingerprint density at radius 3 is 3.05 bits per heavy atom. The molecule has 4 heteroatoms. The van der Waals surface area contributed by atoms with Crippen molar-refractivity contribution in [2.24, 2.45) is 0 Å². The van der Waals surface area contributed by atoms with Gasteiger partial charge in [0.1, 0.15) is 0 Å². The van der Waals surface area contributed by atoms with Crippen LogP contribution in [0.15, 0.2) is 36.5 Å². The van der Waals surface area contributed by atoms with E-state index in [1.165, 1.54) is 23.9 Å². The highest BCUT2D eigenvalue weighted by Gasteiger charge is 2.09. The zero-order valence-corrected chi connectivity index (χ0v) is 11.8. The van der Waals surface area contributed by atoms with Gasteiger partial charge in [-0.2, -0.15) is 0 Å². The SMILES string of the molecule is Cl.c1cnc2ccc(CN3CCCNCC3)cc2c1. The molecule has 0 amide bonds. The van der Waals surface area contributed by atoms with Crippen LogP contribution in [-0.4, -0.2) is 36.1 Å². The number of pyridine rings is 1. The largest absolute Gasteiger partial charge is 0.315 e. The molecule has 19 heavy (non-hydrogen) atoms. The first-order chi connectivity index (χ1) is 8.92. The van der Waals surface area contributed by atoms with Crippen molar-refractivity contribution in [3.63, 3.8) is 0 Å². The molecule has 1 aromatic carbocycles. The van der Waals surface area contributed by atoms with Gasteiger partial charge in [0.2, 0.25) is 0 Å². The second-order valence-electron chi connectivity index (χ2n) is 4.91. The van der Waals surface area contributed by atoms with Crippen LogP contribution in [0.1, 0.15) is 12.0 Å². The van der Waals surface area contributed by atoms with E-state index < -0.39 is 0 Å². The highest BCUT2D eigenvalue weighted by Crippen LogP contribution is 2.15. The summed E-state index contributed by atoms with van der Waals surface area (Å²) in [5.41, 5.74) is 2.47. The summed E-state index contributed by atoms with van der Waals surface area (Å²) in [5.74, 6) is 0. The number of hydrogen-bond donors (Lipinski definition) is 1. The number of aromatic nitrogens is 1. The second kappa shape index (κ2) is 6.85. The summed E-state index contributed by atoms with van der Waals surface area (Å²) < 4.78 is 0. The predicted molar refractivity (Wildman–Crippen MR) is 81.8 cm³/mol. The molecule has 0 aliphatic carbocycles. The molecule has 2 aromatic rings. The predicted octanol–water partition coefficient (Wildman–Crippen LogP) is 2.45. The fraction of sp³-hybridized carbons (Fsp3) is 0.400. The standard InChI is InChI=1S/C15H19N3.ClH/c1-3-14-11-13(4-5-15(14)17-7-1)12-18-9-2-6-16-8-10-18;/h1,3-5,7,11,16H,2,6,8-10,12H2;1H. The maximum atomic E-state index is 4.36. The lowest BCUT2D eigenvalue weighted by Gasteiger charge is -2.19. The molecule has 1 fully saturated rings. The lowest BCUT2D eigenvalue weighted by molar-refractivity contribution is 0.284. The summed E-state index contributed by atoms with van der Waals surface area (Å²) in [4.78, 5) is 6.89. The van der Waals surface area contributed by atoms with E-state index >= 15 is 0 Å². The Labute approximate surface area is 120 Å². The van der Waals surface area contributed by atoms with Crippen LogP contribution in [0.25, 0.3) is 10.9 Å². The van der Waals surface area contributed by atoms with E-state index in [9.17, 15) is 0 Å². The van der Waals surface area contributed by atoms with Gasteiger partial charge in [-0.25, -0.2) is 0 Å². The van der Waals surface area contributed by atoms with Crippen LogP contribution in [0.4, 0.5) is 0 Å². The summed E-state index contributed by atoms with van der Waals surface area (Å²) in [6.07, 6.45) is 3.09. The minimum absolute atomic E-state index is 0. The van der Waals surface area contributed by atoms with Crippen molar-refractivity contribution in [1.29, 1.82) is 0 Å². The monoisotopic (exact) mass is 277 g/mol. The molecule has 3 rings (SSSR count). The van der Waals surface area contributed by atoms with Gasteiger partial charge < -0.3 is 5.32 Å². The molecule has 1 aromatic heterocycles. The van der Waals surface area contributed by atoms with Gasteiger partial charge >= 0.3 is 0 Å². The van der Waals surface area contributed by atoms with E-state index in [0.29, 0.717) is 0 Å². The first-order valence-corrected chi connectivity index (χ1v) is 6.68. The Morgan fingerprint density at radius 1 is 1.16 bits per heavy atom. The molecule has 1 saturated heterocycles. The molecule has 1 aliphatic rings. The quantitative estimate of drug-likeness (QED) is 0.914. The topological polar surface area (TPSA) is 28.2 Å². The summed E-state index contributed by atoms with van der Waals surface area (Å²) in [5, 5.41) is 4.68. The first kappa shape index (κ1) is 14.3. The van der Waals surface area contributed by atoms with Crippen molar-refractivity contribution >= 4 is 23.3 Å². The molecule has 0 saturated carbocycles. The van der Waals surface area contributed by atoms with Crippen molar-refractivity contribution in [2.75, 3.05) is 26.2 Å². The van der Waals surface area contributed by atoms with Gasteiger partial charge in [0.05, 0.1) is 5.52 Å². The van der Waals surface area contributed by atoms with Crippen molar-refractivity contribution < 1.29 is 0 Å². The van der Waals surface area contributed by atoms with Gasteiger partial charge in [-0.05, 0) is 43.3 Å². The van der Waals surface area contributed by atoms with Gasteiger partial charge in [-0.1, -0.05) is 12.1 Å². The lowest BCUT2D eigenvalue weighted by atomic mass is 10.1. The second-order valence-corrected chi connectivity index (χ2v) is 4.91. The highest BCUT2D eigenvalue weighted by atomic mass is 35.5. The number of nitrogens with one attached hydrogen (secondary N) is 1. The Balaban J connectivity index is 0.00000133. The van der Waals surface area contributed by atoms with Crippen LogP contribution in [0.5, 0.6) is 0 Å². The number of benzene rings is 1. The highest BCUT2D eigenvalue weighted by molar-refractivity contribution is 5.85. The van der Waals surface area contributed by atoms with Gasteiger partial charge in [-0.3, -0.25) is 9.88 Å². The molecule has 102 valence electrons. The average molecular weight is 278 g/mol. The Bertz CT molecular complexity index is 522. The lowest BCUT2D eigenvalue weighted by Crippen LogP contribution is -2.27. The smallest absolute Gasteiger partial charge is 0.0702 e. The molecule has 1 aliphatic heterocycles. The van der Waals surface area contributed by atoms with E-state index in [1.807, 2.05) is 12.3 Å². The number of halogens is 1. The molecule has 0 atom stereocenters. The summed E-state index contributed by atoms with van der Waals surface area (Å²) >= 11 is 0. The molecule has 0 spiro atoms. The summed E-state index contributed by atoms with van der Waals surface area (Å²) in [6.45, 7) is 5.64. The van der Waals surface area contributed by atoms with Gasteiger partial charge in [0.15, 0.2) is 0 Å². The zero-order valence-electron chi connectivity index (χ0n) is 11.0. The molecule has 1 N–H and O–H groups in total. The van der Waals surface area contributed by atoms with Gasteiger partial charge in [0.25, 0.3) is 0 Å². The van der Waals surface area contributed by atoms with Crippen molar-refractivity contribution in [2.45, 2.75) is 13.0 Å². The minimum Gasteiger partial charge on any atom is -0.315 e. The van der Waals surface area contributed by atoms with Crippen LogP contribution < -0.4 is 5.32 Å². The Hall–Kier alpha value is -1.16. The number of fused-ring (bicyclic) bond motifs is 1. The van der Waals surface area contributed by atoms with E-state index in [4.69, 9.17) is 0 Å². The molecule has 3 nitrogen and oxygen atoms in total. The first-order valence-electron chi connectivity index (χ1n) is 6.68. The molecule has 0 bridgehead atoms. The maximum absolute atomic E-state index is 4.36. The third-order valence-corrected chi connectivity index (χ3v) is 3.51. The van der Waals surface area contributed by atoms with Crippen molar-refractivity contribution in [3.8, 4) is 0 Å². The summed E-state index contributed by atoms with van der Waals surface area (Å²) in [7, 11) is 0. The third kappa shape index (κ3) is 3.66. The summed E-state index contributed by atoms with van der Waals surface area (Å²) in [6, 6.07) is 10.7. The maximum Gasteiger partial charge on any atom is 0.0702 e. The third-order valence-electron chi connectivity index (χ3n) is 3.51. The zero-order chi connectivity index (χ0) is 12.2. The minimum atomic E-state index is 0. The fourth-order valence-corrected chi connectivity index (χ4v) is 2.54. The van der Waals surface area contributed by atoms with Crippen LogP contribution in [0.3, 0.4) is 0 Å². The molecule has 0 radical (unpaired) electrons. The van der Waals surface area contributed by atoms with E-state index in [0.717, 1.165) is 31.7 Å². The molecular weight excluding hydrogens is 258 g/mol. The van der Waals surface area contributed by atoms with Crippen molar-refractivity contribution in [3.05, 3.63) is 42.1 Å². The normalized spacial score (nSPS) is 16.8. The molecule has 2 heterocycles. The van der Waals surface area contributed by atoms with E-state index in [-0.39, 0.29) is 12.4 Å². The van der Waals surface area contributed by atoms with Gasteiger partial charge in [-0.15, -0.1) is 12.4 Å². The van der Waals surface area contributed by atoms with Crippen LogP contribution >= 0.6 is 12.4 Å². The van der Waals surface area contributed by atoms with E-state index in [1.54, 1.807) is 0 Å².